The third kappa shape index (κ3) is 8.72. The van der Waals surface area contributed by atoms with Crippen molar-refractivity contribution in [3.8, 4) is 0 Å². The molecule has 1 atom stereocenters. The molecule has 1 unspecified atom stereocenters. The zero-order valence-electron chi connectivity index (χ0n) is 13.7. The highest BCUT2D eigenvalue weighted by Crippen LogP contribution is 2.40. The third-order valence-electron chi connectivity index (χ3n) is 2.95. The molecular formula is C14H30NO4P. The lowest BCUT2D eigenvalue weighted by molar-refractivity contribution is -0.132. The summed E-state index contributed by atoms with van der Waals surface area (Å²) in [6.45, 7) is 12.4. The molecule has 0 bridgehead atoms. The Morgan fingerprint density at radius 1 is 1.35 bits per heavy atom. The second-order valence-corrected chi connectivity index (χ2v) is 9.63. The van der Waals surface area contributed by atoms with Gasteiger partial charge in [-0.05, 0) is 40.5 Å². The predicted octanol–water partition coefficient (Wildman–Crippen LogP) is 2.54. The van der Waals surface area contributed by atoms with Crippen molar-refractivity contribution in [2.75, 3.05) is 38.9 Å². The predicted molar refractivity (Wildman–Crippen MR) is 82.8 cm³/mol. The van der Waals surface area contributed by atoms with Crippen molar-refractivity contribution in [3.63, 3.8) is 0 Å². The van der Waals surface area contributed by atoms with Crippen molar-refractivity contribution in [1.29, 1.82) is 0 Å². The molecule has 20 heavy (non-hydrogen) atoms. The van der Waals surface area contributed by atoms with Gasteiger partial charge < -0.3 is 19.4 Å². The van der Waals surface area contributed by atoms with E-state index in [1.54, 1.807) is 6.66 Å². The average Bonchev–Trinajstić information content (AvgIpc) is 2.33. The van der Waals surface area contributed by atoms with Gasteiger partial charge in [0.15, 0.2) is 0 Å². The van der Waals surface area contributed by atoms with Crippen LogP contribution in [0.5, 0.6) is 0 Å². The highest BCUT2D eigenvalue weighted by molar-refractivity contribution is 7.62. The van der Waals surface area contributed by atoms with E-state index in [9.17, 15) is 9.36 Å². The number of hydrogen-bond acceptors (Lipinski definition) is 4. The number of ether oxygens (including phenoxy) is 2. The van der Waals surface area contributed by atoms with Gasteiger partial charge in [0.1, 0.15) is 7.14 Å². The Hall–Kier alpha value is -0.380. The number of hydrogen-bond donors (Lipinski definition) is 1. The standard InChI is InChI=1S/C14H30NO4P/c1-7-20(6,17)11-18-10-14(4,5)13(16)15-8-9-19-12(2)3/h12H,7-11H2,1-6H3,(H,15,16). The lowest BCUT2D eigenvalue weighted by atomic mass is 9.94. The lowest BCUT2D eigenvalue weighted by Gasteiger charge is -2.24. The molecule has 1 N–H and O–H groups in total. The molecule has 0 heterocycles. The molecule has 0 aromatic carbocycles. The zero-order valence-corrected chi connectivity index (χ0v) is 14.6. The molecule has 0 fully saturated rings. The van der Waals surface area contributed by atoms with Crippen molar-refractivity contribution in [3.05, 3.63) is 0 Å². The topological polar surface area (TPSA) is 64.6 Å². The fraction of sp³-hybridized carbons (Fsp3) is 0.929. The summed E-state index contributed by atoms with van der Waals surface area (Å²) in [5, 5.41) is 2.83. The molecule has 120 valence electrons. The van der Waals surface area contributed by atoms with Crippen molar-refractivity contribution < 1.29 is 18.8 Å². The van der Waals surface area contributed by atoms with E-state index < -0.39 is 12.6 Å². The van der Waals surface area contributed by atoms with Crippen LogP contribution >= 0.6 is 7.14 Å². The Kier molecular flexibility index (Phi) is 8.64. The quantitative estimate of drug-likeness (QED) is 0.497. The van der Waals surface area contributed by atoms with Crippen LogP contribution in [0.15, 0.2) is 0 Å². The van der Waals surface area contributed by atoms with E-state index in [0.717, 1.165) is 0 Å². The monoisotopic (exact) mass is 307 g/mol. The maximum atomic E-state index is 12.0. The van der Waals surface area contributed by atoms with Crippen LogP contribution < -0.4 is 5.32 Å². The first-order valence-electron chi connectivity index (χ1n) is 7.14. The number of rotatable bonds is 10. The van der Waals surface area contributed by atoms with Crippen molar-refractivity contribution >= 4 is 13.0 Å². The highest BCUT2D eigenvalue weighted by Gasteiger charge is 2.28. The first-order valence-corrected chi connectivity index (χ1v) is 9.66. The zero-order chi connectivity index (χ0) is 15.8. The van der Waals surface area contributed by atoms with E-state index in [1.165, 1.54) is 0 Å². The second-order valence-electron chi connectivity index (χ2n) is 6.15. The Morgan fingerprint density at radius 3 is 2.45 bits per heavy atom. The van der Waals surface area contributed by atoms with Gasteiger partial charge in [-0.1, -0.05) is 6.92 Å². The SMILES string of the molecule is CCP(C)(=O)COCC(C)(C)C(=O)NCCOC(C)C. The van der Waals surface area contributed by atoms with Gasteiger partial charge in [-0.3, -0.25) is 4.79 Å². The summed E-state index contributed by atoms with van der Waals surface area (Å²) >= 11 is 0. The Labute approximate surface area is 123 Å². The third-order valence-corrected chi connectivity index (χ3v) is 5.02. The first kappa shape index (κ1) is 19.6. The molecule has 0 saturated carbocycles. The molecular weight excluding hydrogens is 277 g/mol. The Balaban J connectivity index is 4.02. The largest absolute Gasteiger partial charge is 0.377 e. The summed E-state index contributed by atoms with van der Waals surface area (Å²) in [6, 6.07) is 0. The number of carbonyl (C=O) groups is 1. The molecule has 0 aliphatic heterocycles. The number of amides is 1. The molecule has 1 amide bonds. The van der Waals surface area contributed by atoms with Gasteiger partial charge in [0.2, 0.25) is 5.91 Å². The molecule has 0 rings (SSSR count). The molecule has 0 radical (unpaired) electrons. The number of nitrogens with one attached hydrogen (secondary N) is 1. The van der Waals surface area contributed by atoms with Gasteiger partial charge in [-0.15, -0.1) is 0 Å². The fourth-order valence-corrected chi connectivity index (χ4v) is 2.01. The van der Waals surface area contributed by atoms with E-state index >= 15 is 0 Å². The van der Waals surface area contributed by atoms with Crippen LogP contribution in [0.25, 0.3) is 0 Å². The molecule has 0 aromatic heterocycles. The minimum Gasteiger partial charge on any atom is -0.377 e. The van der Waals surface area contributed by atoms with Crippen molar-refractivity contribution in [2.45, 2.75) is 40.7 Å². The van der Waals surface area contributed by atoms with Crippen LogP contribution in [0.2, 0.25) is 0 Å². The van der Waals surface area contributed by atoms with E-state index in [1.807, 2.05) is 34.6 Å². The maximum Gasteiger partial charge on any atom is 0.228 e. The van der Waals surface area contributed by atoms with Crippen LogP contribution in [0.4, 0.5) is 0 Å². The molecule has 0 spiro atoms. The average molecular weight is 307 g/mol. The van der Waals surface area contributed by atoms with Crippen LogP contribution in [0, 0.1) is 5.41 Å². The minimum absolute atomic E-state index is 0.0766. The van der Waals surface area contributed by atoms with E-state index in [2.05, 4.69) is 5.32 Å². The molecule has 5 nitrogen and oxygen atoms in total. The van der Waals surface area contributed by atoms with Gasteiger partial charge in [-0.2, -0.15) is 0 Å². The Morgan fingerprint density at radius 2 is 1.95 bits per heavy atom. The normalized spacial score (nSPS) is 15.2. The smallest absolute Gasteiger partial charge is 0.228 e. The summed E-state index contributed by atoms with van der Waals surface area (Å²) in [4.78, 5) is 12.0. The van der Waals surface area contributed by atoms with E-state index in [-0.39, 0.29) is 25.0 Å². The van der Waals surface area contributed by atoms with Crippen molar-refractivity contribution in [1.82, 2.24) is 5.32 Å². The van der Waals surface area contributed by atoms with Gasteiger partial charge in [-0.25, -0.2) is 0 Å². The molecule has 0 aliphatic carbocycles. The summed E-state index contributed by atoms with van der Waals surface area (Å²) in [7, 11) is -2.20. The second kappa shape index (κ2) is 8.81. The van der Waals surface area contributed by atoms with Gasteiger partial charge in [0, 0.05) is 6.54 Å². The fourth-order valence-electron chi connectivity index (χ4n) is 1.35. The minimum atomic E-state index is -2.20. The maximum absolute atomic E-state index is 12.0. The molecule has 0 saturated heterocycles. The first-order chi connectivity index (χ1) is 9.10. The Bertz CT molecular complexity index is 342. The molecule has 0 aliphatic rings. The molecule has 6 heteroatoms. The van der Waals surface area contributed by atoms with E-state index in [0.29, 0.717) is 19.3 Å². The highest BCUT2D eigenvalue weighted by atomic mass is 31.2. The molecule has 0 aromatic rings. The van der Waals surface area contributed by atoms with Crippen LogP contribution in [0.1, 0.15) is 34.6 Å². The summed E-state index contributed by atoms with van der Waals surface area (Å²) in [6.07, 6.45) is 1.01. The summed E-state index contributed by atoms with van der Waals surface area (Å²) < 4.78 is 22.7. The van der Waals surface area contributed by atoms with Gasteiger partial charge >= 0.3 is 0 Å². The van der Waals surface area contributed by atoms with Gasteiger partial charge in [0.25, 0.3) is 0 Å². The van der Waals surface area contributed by atoms with Crippen LogP contribution in [-0.2, 0) is 18.8 Å². The summed E-state index contributed by atoms with van der Waals surface area (Å²) in [5.74, 6) is -0.0766. The van der Waals surface area contributed by atoms with Crippen molar-refractivity contribution in [2.24, 2.45) is 5.41 Å². The van der Waals surface area contributed by atoms with Crippen LogP contribution in [-0.4, -0.2) is 50.9 Å². The number of carbonyl (C=O) groups excluding carboxylic acids is 1. The lowest BCUT2D eigenvalue weighted by Crippen LogP contribution is -2.41. The summed E-state index contributed by atoms with van der Waals surface area (Å²) in [5.41, 5.74) is -0.633. The van der Waals surface area contributed by atoms with E-state index in [4.69, 9.17) is 9.47 Å². The van der Waals surface area contributed by atoms with Gasteiger partial charge in [0.05, 0.1) is 31.1 Å². The van der Waals surface area contributed by atoms with Crippen LogP contribution in [0.3, 0.4) is 0 Å².